The van der Waals surface area contributed by atoms with Crippen LogP contribution in [-0.4, -0.2) is 5.91 Å². The molecule has 0 bridgehead atoms. The van der Waals surface area contributed by atoms with Gasteiger partial charge in [0.25, 0.3) is 5.91 Å². The monoisotopic (exact) mass is 259 g/mol. The fourth-order valence-electron chi connectivity index (χ4n) is 1.48. The number of primary amides is 1. The van der Waals surface area contributed by atoms with Gasteiger partial charge in [-0.1, -0.05) is 42.5 Å². The average molecular weight is 259 g/mol. The van der Waals surface area contributed by atoms with Crippen molar-refractivity contribution in [3.05, 3.63) is 65.7 Å². The lowest BCUT2D eigenvalue weighted by Crippen LogP contribution is -2.11. The third-order valence-electron chi connectivity index (χ3n) is 2.37. The summed E-state index contributed by atoms with van der Waals surface area (Å²) in [7, 11) is 0. The number of carbonyl (C=O) groups is 1. The SMILES string of the molecule is NC(=O)c1ccccc1OSCc1ccccc1. The summed E-state index contributed by atoms with van der Waals surface area (Å²) in [6.07, 6.45) is 0. The summed E-state index contributed by atoms with van der Waals surface area (Å²) in [6, 6.07) is 16.9. The maximum absolute atomic E-state index is 11.2. The molecule has 0 radical (unpaired) electrons. The van der Waals surface area contributed by atoms with Crippen molar-refractivity contribution in [1.82, 2.24) is 0 Å². The third kappa shape index (κ3) is 3.28. The van der Waals surface area contributed by atoms with E-state index in [-0.39, 0.29) is 0 Å². The Labute approximate surface area is 110 Å². The summed E-state index contributed by atoms with van der Waals surface area (Å²) in [4.78, 5) is 11.2. The van der Waals surface area contributed by atoms with E-state index in [0.717, 1.165) is 0 Å². The molecular weight excluding hydrogens is 246 g/mol. The second kappa shape index (κ2) is 6.12. The van der Waals surface area contributed by atoms with Gasteiger partial charge in [0.15, 0.2) is 0 Å². The van der Waals surface area contributed by atoms with Gasteiger partial charge in [-0.15, -0.1) is 0 Å². The van der Waals surface area contributed by atoms with E-state index in [1.54, 1.807) is 18.2 Å². The third-order valence-corrected chi connectivity index (χ3v) is 3.12. The van der Waals surface area contributed by atoms with Crippen LogP contribution in [0, 0.1) is 0 Å². The molecule has 1 amide bonds. The number of benzene rings is 2. The first-order valence-electron chi connectivity index (χ1n) is 5.49. The van der Waals surface area contributed by atoms with Crippen molar-refractivity contribution >= 4 is 17.9 Å². The van der Waals surface area contributed by atoms with Crippen LogP contribution in [0.2, 0.25) is 0 Å². The van der Waals surface area contributed by atoms with E-state index < -0.39 is 5.91 Å². The lowest BCUT2D eigenvalue weighted by atomic mass is 10.2. The molecule has 2 aromatic rings. The van der Waals surface area contributed by atoms with Crippen LogP contribution in [0.5, 0.6) is 5.75 Å². The molecule has 0 saturated heterocycles. The smallest absolute Gasteiger partial charge is 0.252 e. The Hall–Kier alpha value is -1.94. The predicted molar refractivity (Wildman–Crippen MR) is 73.3 cm³/mol. The summed E-state index contributed by atoms with van der Waals surface area (Å²) in [5.74, 6) is 0.741. The van der Waals surface area contributed by atoms with Crippen LogP contribution in [-0.2, 0) is 5.75 Å². The molecule has 4 heteroatoms. The Bertz CT molecular complexity index is 528. The van der Waals surface area contributed by atoms with Gasteiger partial charge in [-0.05, 0) is 17.7 Å². The van der Waals surface area contributed by atoms with Crippen molar-refractivity contribution in [3.63, 3.8) is 0 Å². The number of amides is 1. The Morgan fingerprint density at radius 3 is 2.44 bits per heavy atom. The highest BCUT2D eigenvalue weighted by molar-refractivity contribution is 7.94. The molecule has 0 aliphatic heterocycles. The predicted octanol–water partition coefficient (Wildman–Crippen LogP) is 3.01. The minimum Gasteiger partial charge on any atom is -0.425 e. The number of hydrogen-bond donors (Lipinski definition) is 1. The summed E-state index contributed by atoms with van der Waals surface area (Å²) >= 11 is 1.28. The molecule has 0 aliphatic rings. The number of para-hydroxylation sites is 1. The average Bonchev–Trinajstić information content (AvgIpc) is 2.40. The Morgan fingerprint density at radius 1 is 1.06 bits per heavy atom. The number of rotatable bonds is 5. The molecule has 0 aliphatic carbocycles. The quantitative estimate of drug-likeness (QED) is 0.840. The van der Waals surface area contributed by atoms with Crippen LogP contribution in [0.25, 0.3) is 0 Å². The zero-order valence-electron chi connectivity index (χ0n) is 9.71. The zero-order chi connectivity index (χ0) is 12.8. The number of hydrogen-bond acceptors (Lipinski definition) is 3. The van der Waals surface area contributed by atoms with E-state index in [2.05, 4.69) is 0 Å². The Kier molecular flexibility index (Phi) is 4.25. The molecule has 3 nitrogen and oxygen atoms in total. The first-order chi connectivity index (χ1) is 8.77. The second-order valence-corrected chi connectivity index (χ2v) is 4.38. The van der Waals surface area contributed by atoms with Gasteiger partial charge >= 0.3 is 0 Å². The molecule has 2 N–H and O–H groups in total. The van der Waals surface area contributed by atoms with Crippen molar-refractivity contribution in [1.29, 1.82) is 0 Å². The van der Waals surface area contributed by atoms with Crippen molar-refractivity contribution in [2.24, 2.45) is 5.73 Å². The second-order valence-electron chi connectivity index (χ2n) is 3.69. The maximum Gasteiger partial charge on any atom is 0.252 e. The number of carbonyl (C=O) groups excluding carboxylic acids is 1. The van der Waals surface area contributed by atoms with E-state index in [0.29, 0.717) is 17.1 Å². The van der Waals surface area contributed by atoms with Gasteiger partial charge in [0.05, 0.1) is 23.4 Å². The summed E-state index contributed by atoms with van der Waals surface area (Å²) in [5, 5.41) is 0. The highest BCUT2D eigenvalue weighted by atomic mass is 32.2. The molecule has 0 aromatic heterocycles. The van der Waals surface area contributed by atoms with Crippen LogP contribution in [0.1, 0.15) is 15.9 Å². The van der Waals surface area contributed by atoms with Gasteiger partial charge in [0, 0.05) is 0 Å². The standard InChI is InChI=1S/C14H13NO2S/c15-14(16)12-8-4-5-9-13(12)17-18-10-11-6-2-1-3-7-11/h1-9H,10H2,(H2,15,16). The molecule has 0 saturated carbocycles. The van der Waals surface area contributed by atoms with Crippen LogP contribution in [0.15, 0.2) is 54.6 Å². The van der Waals surface area contributed by atoms with E-state index >= 15 is 0 Å². The van der Waals surface area contributed by atoms with Crippen LogP contribution in [0.4, 0.5) is 0 Å². The van der Waals surface area contributed by atoms with Crippen molar-refractivity contribution < 1.29 is 8.98 Å². The highest BCUT2D eigenvalue weighted by Gasteiger charge is 2.08. The van der Waals surface area contributed by atoms with Gasteiger partial charge in [-0.2, -0.15) is 0 Å². The molecule has 0 fully saturated rings. The van der Waals surface area contributed by atoms with Gasteiger partial charge in [0.2, 0.25) is 0 Å². The van der Waals surface area contributed by atoms with E-state index in [4.69, 9.17) is 9.92 Å². The largest absolute Gasteiger partial charge is 0.425 e. The molecule has 2 rings (SSSR count). The topological polar surface area (TPSA) is 52.3 Å². The fraction of sp³-hybridized carbons (Fsp3) is 0.0714. The van der Waals surface area contributed by atoms with Crippen LogP contribution >= 0.6 is 12.0 Å². The van der Waals surface area contributed by atoms with Gasteiger partial charge in [-0.3, -0.25) is 4.79 Å². The van der Waals surface area contributed by atoms with Crippen LogP contribution in [0.3, 0.4) is 0 Å². The van der Waals surface area contributed by atoms with Gasteiger partial charge in [-0.25, -0.2) is 0 Å². The molecular formula is C14H13NO2S. The van der Waals surface area contributed by atoms with Gasteiger partial charge < -0.3 is 9.92 Å². The highest BCUT2D eigenvalue weighted by Crippen LogP contribution is 2.23. The minimum absolute atomic E-state index is 0.401. The lowest BCUT2D eigenvalue weighted by Gasteiger charge is -2.07. The maximum atomic E-state index is 11.2. The normalized spacial score (nSPS) is 10.0. The van der Waals surface area contributed by atoms with E-state index in [1.807, 2.05) is 36.4 Å². The fourth-order valence-corrected chi connectivity index (χ4v) is 2.14. The summed E-state index contributed by atoms with van der Waals surface area (Å²) < 4.78 is 5.52. The van der Waals surface area contributed by atoms with E-state index in [1.165, 1.54) is 17.6 Å². The molecule has 18 heavy (non-hydrogen) atoms. The molecule has 0 atom stereocenters. The first kappa shape index (κ1) is 12.5. The van der Waals surface area contributed by atoms with Crippen molar-refractivity contribution in [3.8, 4) is 5.75 Å². The summed E-state index contributed by atoms with van der Waals surface area (Å²) in [6.45, 7) is 0. The van der Waals surface area contributed by atoms with Crippen molar-refractivity contribution in [2.45, 2.75) is 5.75 Å². The van der Waals surface area contributed by atoms with Gasteiger partial charge in [0.1, 0.15) is 5.75 Å². The molecule has 0 unspecified atom stereocenters. The first-order valence-corrected chi connectivity index (χ1v) is 6.40. The van der Waals surface area contributed by atoms with Crippen molar-refractivity contribution in [2.75, 3.05) is 0 Å². The summed E-state index contributed by atoms with van der Waals surface area (Å²) in [5.41, 5.74) is 6.84. The number of nitrogens with two attached hydrogens (primary N) is 1. The molecule has 92 valence electrons. The lowest BCUT2D eigenvalue weighted by molar-refractivity contribution is 0.0999. The Morgan fingerprint density at radius 2 is 1.72 bits per heavy atom. The van der Waals surface area contributed by atoms with E-state index in [9.17, 15) is 4.79 Å². The Balaban J connectivity index is 1.97. The molecule has 0 heterocycles. The molecule has 0 spiro atoms. The zero-order valence-corrected chi connectivity index (χ0v) is 10.5. The molecule has 2 aromatic carbocycles. The minimum atomic E-state index is -0.481. The van der Waals surface area contributed by atoms with Crippen LogP contribution < -0.4 is 9.92 Å².